The van der Waals surface area contributed by atoms with Gasteiger partial charge in [-0.1, -0.05) is 12.1 Å². The quantitative estimate of drug-likeness (QED) is 0.899. The Bertz CT molecular complexity index is 497. The molecular weight excluding hydrogens is 278 g/mol. The fourth-order valence-electron chi connectivity index (χ4n) is 3.28. The first-order valence-corrected chi connectivity index (χ1v) is 8.14. The molecule has 5 nitrogen and oxygen atoms in total. The number of hydrogen-bond donors (Lipinski definition) is 1. The number of morpholine rings is 1. The number of amides is 1. The predicted molar refractivity (Wildman–Crippen MR) is 85.6 cm³/mol. The number of benzene rings is 1. The van der Waals surface area contributed by atoms with E-state index in [-0.39, 0.29) is 5.91 Å². The molecule has 0 aromatic heterocycles. The number of carbonyl (C=O) groups excluding carboxylic acids is 1. The van der Waals surface area contributed by atoms with Crippen LogP contribution in [0.4, 0.5) is 0 Å². The van der Waals surface area contributed by atoms with Crippen LogP contribution in [0.25, 0.3) is 0 Å². The molecule has 2 aliphatic heterocycles. The van der Waals surface area contributed by atoms with E-state index in [0.717, 1.165) is 63.5 Å². The summed E-state index contributed by atoms with van der Waals surface area (Å²) >= 11 is 0. The first-order valence-electron chi connectivity index (χ1n) is 8.14. The second-order valence-electron chi connectivity index (χ2n) is 6.22. The first-order chi connectivity index (χ1) is 10.8. The van der Waals surface area contributed by atoms with Crippen molar-refractivity contribution in [2.45, 2.75) is 13.0 Å². The van der Waals surface area contributed by atoms with Crippen LogP contribution in [0, 0.1) is 5.92 Å². The van der Waals surface area contributed by atoms with E-state index in [1.807, 2.05) is 29.2 Å². The summed E-state index contributed by atoms with van der Waals surface area (Å²) in [7, 11) is 0. The molecule has 2 N–H and O–H groups in total. The van der Waals surface area contributed by atoms with Gasteiger partial charge in [0.25, 0.3) is 5.91 Å². The maximum atomic E-state index is 12.5. The van der Waals surface area contributed by atoms with Gasteiger partial charge in [0, 0.05) is 44.8 Å². The summed E-state index contributed by atoms with van der Waals surface area (Å²) in [5, 5.41) is 0. The van der Waals surface area contributed by atoms with Crippen LogP contribution in [0.15, 0.2) is 24.3 Å². The fourth-order valence-corrected chi connectivity index (χ4v) is 3.28. The molecule has 0 spiro atoms. The fraction of sp³-hybridized carbons (Fsp3) is 0.588. The average molecular weight is 303 g/mol. The molecule has 3 rings (SSSR count). The molecule has 2 fully saturated rings. The van der Waals surface area contributed by atoms with E-state index in [0.29, 0.717) is 12.5 Å². The minimum absolute atomic E-state index is 0.146. The number of likely N-dealkylation sites (tertiary alicyclic amines) is 1. The molecule has 120 valence electrons. The van der Waals surface area contributed by atoms with E-state index in [9.17, 15) is 4.79 Å². The number of nitrogens with zero attached hydrogens (tertiary/aromatic N) is 2. The molecule has 5 heteroatoms. The SMILES string of the molecule is NCc1ccc(C(=O)N2CC[C@@H](CN3CCOCC3)C2)cc1. The van der Waals surface area contributed by atoms with Crippen LogP contribution in [0.5, 0.6) is 0 Å². The third kappa shape index (κ3) is 3.66. The Hall–Kier alpha value is -1.43. The van der Waals surface area contributed by atoms with Gasteiger partial charge < -0.3 is 15.4 Å². The highest BCUT2D eigenvalue weighted by Crippen LogP contribution is 2.20. The number of ether oxygens (including phenoxy) is 1. The number of carbonyl (C=O) groups is 1. The lowest BCUT2D eigenvalue weighted by Gasteiger charge is -2.29. The lowest BCUT2D eigenvalue weighted by Crippen LogP contribution is -2.40. The summed E-state index contributed by atoms with van der Waals surface area (Å²) in [6.45, 7) is 7.04. The van der Waals surface area contributed by atoms with Crippen molar-refractivity contribution in [3.8, 4) is 0 Å². The zero-order chi connectivity index (χ0) is 15.4. The van der Waals surface area contributed by atoms with Crippen molar-refractivity contribution in [1.82, 2.24) is 9.80 Å². The highest BCUT2D eigenvalue weighted by Gasteiger charge is 2.28. The largest absolute Gasteiger partial charge is 0.379 e. The lowest BCUT2D eigenvalue weighted by molar-refractivity contribution is 0.0310. The van der Waals surface area contributed by atoms with E-state index >= 15 is 0 Å². The Morgan fingerprint density at radius 1 is 1.18 bits per heavy atom. The number of rotatable bonds is 4. The third-order valence-corrected chi connectivity index (χ3v) is 4.63. The zero-order valence-electron chi connectivity index (χ0n) is 13.0. The van der Waals surface area contributed by atoms with E-state index in [4.69, 9.17) is 10.5 Å². The summed E-state index contributed by atoms with van der Waals surface area (Å²) in [4.78, 5) is 17.0. The molecule has 1 amide bonds. The van der Waals surface area contributed by atoms with Gasteiger partial charge in [-0.2, -0.15) is 0 Å². The molecule has 1 aromatic carbocycles. The lowest BCUT2D eigenvalue weighted by atomic mass is 10.1. The van der Waals surface area contributed by atoms with Crippen LogP contribution < -0.4 is 5.73 Å². The summed E-state index contributed by atoms with van der Waals surface area (Å²) < 4.78 is 5.39. The number of hydrogen-bond acceptors (Lipinski definition) is 4. The second kappa shape index (κ2) is 7.22. The van der Waals surface area contributed by atoms with E-state index in [1.165, 1.54) is 0 Å². The predicted octanol–water partition coefficient (Wildman–Crippen LogP) is 0.940. The maximum Gasteiger partial charge on any atom is 0.253 e. The van der Waals surface area contributed by atoms with Crippen LogP contribution in [0.2, 0.25) is 0 Å². The Kier molecular flexibility index (Phi) is 5.08. The van der Waals surface area contributed by atoms with E-state index < -0.39 is 0 Å². The summed E-state index contributed by atoms with van der Waals surface area (Å²) in [5.41, 5.74) is 7.42. The van der Waals surface area contributed by atoms with Gasteiger partial charge in [-0.15, -0.1) is 0 Å². The maximum absolute atomic E-state index is 12.5. The summed E-state index contributed by atoms with van der Waals surface area (Å²) in [6, 6.07) is 7.66. The zero-order valence-corrected chi connectivity index (χ0v) is 13.0. The summed E-state index contributed by atoms with van der Waals surface area (Å²) in [6.07, 6.45) is 1.10. The van der Waals surface area contributed by atoms with Gasteiger partial charge in [-0.05, 0) is 30.0 Å². The van der Waals surface area contributed by atoms with Gasteiger partial charge >= 0.3 is 0 Å². The van der Waals surface area contributed by atoms with E-state index in [2.05, 4.69) is 4.90 Å². The Balaban J connectivity index is 1.53. The minimum Gasteiger partial charge on any atom is -0.379 e. The van der Waals surface area contributed by atoms with Crippen molar-refractivity contribution < 1.29 is 9.53 Å². The highest BCUT2D eigenvalue weighted by atomic mass is 16.5. The number of nitrogens with two attached hydrogens (primary N) is 1. The molecule has 2 saturated heterocycles. The Labute approximate surface area is 132 Å². The molecule has 22 heavy (non-hydrogen) atoms. The smallest absolute Gasteiger partial charge is 0.253 e. The monoisotopic (exact) mass is 303 g/mol. The molecule has 0 unspecified atom stereocenters. The Morgan fingerprint density at radius 2 is 1.91 bits per heavy atom. The molecule has 0 bridgehead atoms. The second-order valence-corrected chi connectivity index (χ2v) is 6.22. The molecule has 0 radical (unpaired) electrons. The van der Waals surface area contributed by atoms with E-state index in [1.54, 1.807) is 0 Å². The van der Waals surface area contributed by atoms with Crippen LogP contribution in [0.3, 0.4) is 0 Å². The van der Waals surface area contributed by atoms with Crippen LogP contribution in [0.1, 0.15) is 22.3 Å². The standard InChI is InChI=1S/C17H25N3O2/c18-11-14-1-3-16(4-2-14)17(21)20-6-5-15(13-20)12-19-7-9-22-10-8-19/h1-4,15H,5-13,18H2/t15-/m0/s1. The first kappa shape index (κ1) is 15.5. The van der Waals surface area contributed by atoms with Gasteiger partial charge in [-0.25, -0.2) is 0 Å². The van der Waals surface area contributed by atoms with Crippen molar-refractivity contribution in [1.29, 1.82) is 0 Å². The van der Waals surface area contributed by atoms with Gasteiger partial charge in [0.15, 0.2) is 0 Å². The third-order valence-electron chi connectivity index (χ3n) is 4.63. The van der Waals surface area contributed by atoms with Crippen LogP contribution >= 0.6 is 0 Å². The van der Waals surface area contributed by atoms with Crippen molar-refractivity contribution >= 4 is 5.91 Å². The Morgan fingerprint density at radius 3 is 2.59 bits per heavy atom. The molecular formula is C17H25N3O2. The van der Waals surface area contributed by atoms with Crippen molar-refractivity contribution in [2.24, 2.45) is 11.7 Å². The van der Waals surface area contributed by atoms with Crippen molar-refractivity contribution in [3.05, 3.63) is 35.4 Å². The molecule has 1 atom stereocenters. The van der Waals surface area contributed by atoms with Gasteiger partial charge in [0.1, 0.15) is 0 Å². The molecule has 0 saturated carbocycles. The molecule has 2 aliphatic rings. The molecule has 1 aromatic rings. The topological polar surface area (TPSA) is 58.8 Å². The average Bonchev–Trinajstić information content (AvgIpc) is 3.04. The highest BCUT2D eigenvalue weighted by molar-refractivity contribution is 5.94. The van der Waals surface area contributed by atoms with Crippen molar-refractivity contribution in [3.63, 3.8) is 0 Å². The van der Waals surface area contributed by atoms with Gasteiger partial charge in [0.05, 0.1) is 13.2 Å². The minimum atomic E-state index is 0.146. The van der Waals surface area contributed by atoms with Crippen LogP contribution in [-0.2, 0) is 11.3 Å². The molecule has 0 aliphatic carbocycles. The van der Waals surface area contributed by atoms with Gasteiger partial charge in [0.2, 0.25) is 0 Å². The van der Waals surface area contributed by atoms with Crippen molar-refractivity contribution in [2.75, 3.05) is 45.9 Å². The normalized spacial score (nSPS) is 23.0. The molecule has 2 heterocycles. The van der Waals surface area contributed by atoms with Crippen LogP contribution in [-0.4, -0.2) is 61.6 Å². The van der Waals surface area contributed by atoms with Gasteiger partial charge in [-0.3, -0.25) is 9.69 Å². The summed E-state index contributed by atoms with van der Waals surface area (Å²) in [5.74, 6) is 0.735.